The Morgan fingerprint density at radius 1 is 1.35 bits per heavy atom. The molecule has 1 aliphatic heterocycles. The Kier molecular flexibility index (Phi) is 4.37. The Morgan fingerprint density at radius 2 is 2.15 bits per heavy atom. The van der Waals surface area contributed by atoms with Crippen molar-refractivity contribution in [3.63, 3.8) is 0 Å². The van der Waals surface area contributed by atoms with E-state index in [2.05, 4.69) is 17.2 Å². The second-order valence-corrected chi connectivity index (χ2v) is 4.38. The van der Waals surface area contributed by atoms with Crippen molar-refractivity contribution in [2.45, 2.75) is 0 Å². The number of hydrogen-bond donors (Lipinski definition) is 2. The van der Waals surface area contributed by atoms with Gasteiger partial charge in [0.05, 0.1) is 7.11 Å². The van der Waals surface area contributed by atoms with Crippen molar-refractivity contribution in [1.82, 2.24) is 10.6 Å². The van der Waals surface area contributed by atoms with Crippen LogP contribution < -0.4 is 20.1 Å². The molecule has 2 N–H and O–H groups in total. The van der Waals surface area contributed by atoms with Crippen molar-refractivity contribution in [1.29, 1.82) is 0 Å². The predicted octanol–water partition coefficient (Wildman–Crippen LogP) is 1.61. The zero-order valence-electron chi connectivity index (χ0n) is 10.9. The number of methoxy groups -OCH3 is 1. The van der Waals surface area contributed by atoms with Gasteiger partial charge in [0.15, 0.2) is 16.6 Å². The van der Waals surface area contributed by atoms with Crippen LogP contribution in [0.3, 0.4) is 0 Å². The van der Waals surface area contributed by atoms with Gasteiger partial charge >= 0.3 is 0 Å². The normalized spacial score (nSPS) is 15.8. The van der Waals surface area contributed by atoms with Crippen LogP contribution in [0, 0.1) is 0 Å². The van der Waals surface area contributed by atoms with E-state index in [0.717, 1.165) is 5.56 Å². The molecule has 0 bridgehead atoms. The molecule has 1 aromatic rings. The minimum absolute atomic E-state index is 0.249. The number of thiocarbonyl (C=S) groups is 1. The number of carbonyl (C=O) groups is 1. The van der Waals surface area contributed by atoms with E-state index in [4.69, 9.17) is 21.7 Å². The molecule has 1 saturated heterocycles. The van der Waals surface area contributed by atoms with E-state index < -0.39 is 0 Å². The summed E-state index contributed by atoms with van der Waals surface area (Å²) in [5, 5.41) is 5.59. The molecule has 0 spiro atoms. The molecule has 0 atom stereocenters. The van der Waals surface area contributed by atoms with Gasteiger partial charge in [-0.25, -0.2) is 0 Å². The van der Waals surface area contributed by atoms with Gasteiger partial charge in [0.2, 0.25) is 0 Å². The Balaban J connectivity index is 2.25. The monoisotopic (exact) mass is 290 g/mol. The molecular formula is C14H14N2O3S. The van der Waals surface area contributed by atoms with Crippen molar-refractivity contribution < 1.29 is 14.3 Å². The highest BCUT2D eigenvalue weighted by atomic mass is 32.1. The van der Waals surface area contributed by atoms with Crippen molar-refractivity contribution in [3.8, 4) is 11.5 Å². The van der Waals surface area contributed by atoms with E-state index in [1.165, 1.54) is 0 Å². The maximum absolute atomic E-state index is 11.6. The van der Waals surface area contributed by atoms with Crippen LogP contribution in [-0.4, -0.2) is 24.7 Å². The molecule has 5 nitrogen and oxygen atoms in total. The summed E-state index contributed by atoms with van der Waals surface area (Å²) in [6.45, 7) is 3.99. The van der Waals surface area contributed by atoms with Crippen LogP contribution in [0.15, 0.2) is 36.6 Å². The van der Waals surface area contributed by atoms with Gasteiger partial charge in [-0.15, -0.1) is 0 Å². The predicted molar refractivity (Wildman–Crippen MR) is 80.5 cm³/mol. The fraction of sp³-hybridized carbons (Fsp3) is 0.143. The highest BCUT2D eigenvalue weighted by Gasteiger charge is 2.20. The van der Waals surface area contributed by atoms with Gasteiger partial charge in [-0.05, 0) is 36.0 Å². The Bertz CT molecular complexity index is 596. The van der Waals surface area contributed by atoms with Crippen LogP contribution in [0.25, 0.3) is 6.08 Å². The van der Waals surface area contributed by atoms with Crippen molar-refractivity contribution in [2.24, 2.45) is 0 Å². The van der Waals surface area contributed by atoms with E-state index in [9.17, 15) is 4.79 Å². The van der Waals surface area contributed by atoms with Gasteiger partial charge in [-0.1, -0.05) is 18.7 Å². The average molecular weight is 290 g/mol. The number of nitrogens with one attached hydrogen (secondary N) is 2. The number of hydrogen-bond acceptors (Lipinski definition) is 4. The van der Waals surface area contributed by atoms with Gasteiger partial charge < -0.3 is 14.8 Å². The van der Waals surface area contributed by atoms with Crippen LogP contribution in [0.2, 0.25) is 0 Å². The lowest BCUT2D eigenvalue weighted by atomic mass is 10.1. The molecule has 2 rings (SSSR count). The third-order valence-corrected chi connectivity index (χ3v) is 2.78. The molecule has 0 aromatic heterocycles. The molecule has 0 radical (unpaired) electrons. The summed E-state index contributed by atoms with van der Waals surface area (Å²) in [5.41, 5.74) is 1.20. The molecule has 1 heterocycles. The summed E-state index contributed by atoms with van der Waals surface area (Å²) in [6, 6.07) is 5.38. The fourth-order valence-electron chi connectivity index (χ4n) is 1.69. The lowest BCUT2D eigenvalue weighted by Crippen LogP contribution is -2.21. The third-order valence-electron chi connectivity index (χ3n) is 2.58. The minimum Gasteiger partial charge on any atom is -0.493 e. The van der Waals surface area contributed by atoms with Gasteiger partial charge in [-0.3, -0.25) is 10.1 Å². The van der Waals surface area contributed by atoms with E-state index in [0.29, 0.717) is 28.9 Å². The third kappa shape index (κ3) is 3.16. The van der Waals surface area contributed by atoms with E-state index in [-0.39, 0.29) is 5.91 Å². The average Bonchev–Trinajstić information content (AvgIpc) is 2.75. The Hall–Kier alpha value is -2.34. The topological polar surface area (TPSA) is 59.6 Å². The SMILES string of the molecule is C=CCOc1ccc(C=C2NC(=S)NC2=O)cc1OC. The van der Waals surface area contributed by atoms with Gasteiger partial charge in [0.25, 0.3) is 5.91 Å². The fourth-order valence-corrected chi connectivity index (χ4v) is 1.89. The quantitative estimate of drug-likeness (QED) is 0.490. The zero-order chi connectivity index (χ0) is 14.5. The maximum Gasteiger partial charge on any atom is 0.273 e. The number of carbonyl (C=O) groups excluding carboxylic acids is 1. The number of rotatable bonds is 5. The Morgan fingerprint density at radius 3 is 2.75 bits per heavy atom. The first kappa shape index (κ1) is 14.1. The second kappa shape index (κ2) is 6.21. The zero-order valence-corrected chi connectivity index (χ0v) is 11.8. The molecule has 1 aliphatic rings. The van der Waals surface area contributed by atoms with Gasteiger partial charge in [0, 0.05) is 0 Å². The van der Waals surface area contributed by atoms with Crippen molar-refractivity contribution in [2.75, 3.05) is 13.7 Å². The minimum atomic E-state index is -0.249. The first-order valence-corrected chi connectivity index (χ1v) is 6.30. The lowest BCUT2D eigenvalue weighted by Gasteiger charge is -2.10. The van der Waals surface area contributed by atoms with Crippen molar-refractivity contribution in [3.05, 3.63) is 42.1 Å². The summed E-state index contributed by atoms with van der Waals surface area (Å²) in [4.78, 5) is 11.6. The maximum atomic E-state index is 11.6. The largest absolute Gasteiger partial charge is 0.493 e. The van der Waals surface area contributed by atoms with Crippen LogP contribution in [0.4, 0.5) is 0 Å². The first-order chi connectivity index (χ1) is 9.63. The standard InChI is InChI=1S/C14H14N2O3S/c1-3-6-19-11-5-4-9(8-12(11)18-2)7-10-13(17)16-14(20)15-10/h3-5,7-8H,1,6H2,2H3,(H2,15,16,17,20). The molecule has 1 aromatic carbocycles. The summed E-state index contributed by atoms with van der Waals surface area (Å²) in [5.74, 6) is 0.956. The Labute approximate surface area is 122 Å². The van der Waals surface area contributed by atoms with E-state index in [1.807, 2.05) is 6.07 Å². The summed E-state index contributed by atoms with van der Waals surface area (Å²) in [6.07, 6.45) is 3.34. The van der Waals surface area contributed by atoms with Crippen LogP contribution in [-0.2, 0) is 4.79 Å². The molecule has 1 amide bonds. The summed E-state index contributed by atoms with van der Waals surface area (Å²) in [7, 11) is 1.56. The van der Waals surface area contributed by atoms with Gasteiger partial charge in [-0.2, -0.15) is 0 Å². The lowest BCUT2D eigenvalue weighted by molar-refractivity contribution is -0.115. The summed E-state index contributed by atoms with van der Waals surface area (Å²) >= 11 is 4.87. The van der Waals surface area contributed by atoms with Crippen molar-refractivity contribution >= 4 is 29.3 Å². The van der Waals surface area contributed by atoms with E-state index in [1.54, 1.807) is 31.4 Å². The molecule has 0 saturated carbocycles. The molecular weight excluding hydrogens is 276 g/mol. The number of ether oxygens (including phenoxy) is 2. The van der Waals surface area contributed by atoms with Gasteiger partial charge in [0.1, 0.15) is 12.3 Å². The number of benzene rings is 1. The highest BCUT2D eigenvalue weighted by molar-refractivity contribution is 7.80. The molecule has 6 heteroatoms. The number of amides is 1. The molecule has 0 unspecified atom stereocenters. The second-order valence-electron chi connectivity index (χ2n) is 3.98. The first-order valence-electron chi connectivity index (χ1n) is 5.90. The smallest absolute Gasteiger partial charge is 0.273 e. The van der Waals surface area contributed by atoms with Crippen LogP contribution >= 0.6 is 12.2 Å². The molecule has 20 heavy (non-hydrogen) atoms. The van der Waals surface area contributed by atoms with E-state index >= 15 is 0 Å². The highest BCUT2D eigenvalue weighted by Crippen LogP contribution is 2.29. The molecule has 0 aliphatic carbocycles. The summed E-state index contributed by atoms with van der Waals surface area (Å²) < 4.78 is 10.7. The van der Waals surface area contributed by atoms with Crippen LogP contribution in [0.1, 0.15) is 5.56 Å². The molecule has 1 fully saturated rings. The molecule has 104 valence electrons. The van der Waals surface area contributed by atoms with Crippen LogP contribution in [0.5, 0.6) is 11.5 Å².